The van der Waals surface area contributed by atoms with Gasteiger partial charge >= 0.3 is 0 Å². The van der Waals surface area contributed by atoms with Gasteiger partial charge in [0.2, 0.25) is 5.89 Å². The summed E-state index contributed by atoms with van der Waals surface area (Å²) in [5, 5.41) is 7.57. The third-order valence-corrected chi connectivity index (χ3v) is 4.72. The number of likely N-dealkylation sites (N-methyl/N-ethyl adjacent to an activating group) is 1. The Balaban J connectivity index is 1.74. The molecule has 1 aliphatic heterocycles. The lowest BCUT2D eigenvalue weighted by Gasteiger charge is -2.30. The van der Waals surface area contributed by atoms with Crippen LogP contribution in [0.4, 0.5) is 0 Å². The fourth-order valence-corrected chi connectivity index (χ4v) is 2.80. The van der Waals surface area contributed by atoms with Crippen molar-refractivity contribution in [1.82, 2.24) is 20.4 Å². The molecule has 5 heteroatoms. The highest BCUT2D eigenvalue weighted by Gasteiger charge is 2.52. The monoisotopic (exact) mass is 250 g/mol. The van der Waals surface area contributed by atoms with Crippen molar-refractivity contribution >= 4 is 0 Å². The minimum Gasteiger partial charge on any atom is -0.339 e. The molecule has 1 aliphatic carbocycles. The maximum Gasteiger partial charge on any atom is 0.230 e. The molecule has 0 amide bonds. The molecule has 2 heterocycles. The number of nitrogens with one attached hydrogen (secondary N) is 1. The van der Waals surface area contributed by atoms with Gasteiger partial charge in [0, 0.05) is 25.6 Å². The van der Waals surface area contributed by atoms with Crippen LogP contribution in [0.25, 0.3) is 0 Å². The van der Waals surface area contributed by atoms with Crippen molar-refractivity contribution in [1.29, 1.82) is 0 Å². The Morgan fingerprint density at radius 2 is 2.39 bits per heavy atom. The van der Waals surface area contributed by atoms with E-state index in [1.54, 1.807) is 0 Å². The summed E-state index contributed by atoms with van der Waals surface area (Å²) in [5.41, 5.74) is 0.389. The zero-order chi connectivity index (χ0) is 12.8. The first-order valence-corrected chi connectivity index (χ1v) is 6.88. The topological polar surface area (TPSA) is 54.2 Å². The van der Waals surface area contributed by atoms with Gasteiger partial charge in [-0.25, -0.2) is 0 Å². The fourth-order valence-electron chi connectivity index (χ4n) is 2.80. The Morgan fingerprint density at radius 1 is 1.56 bits per heavy atom. The van der Waals surface area contributed by atoms with Crippen molar-refractivity contribution < 1.29 is 4.52 Å². The number of nitrogens with zero attached hydrogens (tertiary/aromatic N) is 3. The van der Waals surface area contributed by atoms with Crippen molar-refractivity contribution in [3.63, 3.8) is 0 Å². The first kappa shape index (κ1) is 12.1. The van der Waals surface area contributed by atoms with E-state index in [0.717, 1.165) is 31.3 Å². The van der Waals surface area contributed by atoms with E-state index in [-0.39, 0.29) is 6.04 Å². The lowest BCUT2D eigenvalue weighted by molar-refractivity contribution is 0.190. The molecule has 3 atom stereocenters. The molecular formula is C13H22N4O. The van der Waals surface area contributed by atoms with E-state index in [0.29, 0.717) is 11.3 Å². The van der Waals surface area contributed by atoms with Gasteiger partial charge in [0.15, 0.2) is 5.82 Å². The Bertz CT molecular complexity index is 432. The van der Waals surface area contributed by atoms with Gasteiger partial charge < -0.3 is 9.84 Å². The molecule has 3 rings (SSSR count). The summed E-state index contributed by atoms with van der Waals surface area (Å²) in [5.74, 6) is 2.16. The summed E-state index contributed by atoms with van der Waals surface area (Å²) in [6, 6.07) is 0.253. The van der Waals surface area contributed by atoms with E-state index in [2.05, 4.69) is 41.3 Å². The maximum absolute atomic E-state index is 5.47. The van der Waals surface area contributed by atoms with Gasteiger partial charge in [0.05, 0.1) is 6.04 Å². The van der Waals surface area contributed by atoms with Gasteiger partial charge in [-0.2, -0.15) is 4.98 Å². The molecule has 3 unspecified atom stereocenters. The molecule has 2 aliphatic rings. The summed E-state index contributed by atoms with van der Waals surface area (Å²) in [4.78, 5) is 6.92. The van der Waals surface area contributed by atoms with E-state index in [9.17, 15) is 0 Å². The zero-order valence-electron chi connectivity index (χ0n) is 11.4. The van der Waals surface area contributed by atoms with Crippen LogP contribution < -0.4 is 5.32 Å². The second kappa shape index (κ2) is 4.31. The molecule has 18 heavy (non-hydrogen) atoms. The molecular weight excluding hydrogens is 228 g/mol. The number of piperazine rings is 1. The zero-order valence-corrected chi connectivity index (χ0v) is 11.4. The van der Waals surface area contributed by atoms with Crippen LogP contribution in [0, 0.1) is 5.41 Å². The van der Waals surface area contributed by atoms with Crippen molar-refractivity contribution in [3.8, 4) is 0 Å². The molecule has 2 fully saturated rings. The largest absolute Gasteiger partial charge is 0.339 e. The van der Waals surface area contributed by atoms with Gasteiger partial charge in [0.1, 0.15) is 0 Å². The standard InChI is InChI=1S/C13H22N4O/c1-4-13(2)7-9(13)12-15-11(16-18-12)10-8-14-5-6-17(10)3/h9-10,14H,4-8H2,1-3H3. The van der Waals surface area contributed by atoms with Crippen LogP contribution >= 0.6 is 0 Å². The fraction of sp³-hybridized carbons (Fsp3) is 0.846. The highest BCUT2D eigenvalue weighted by Crippen LogP contribution is 2.60. The molecule has 1 aromatic rings. The van der Waals surface area contributed by atoms with Crippen LogP contribution in [0.5, 0.6) is 0 Å². The van der Waals surface area contributed by atoms with Crippen LogP contribution in [0.3, 0.4) is 0 Å². The quantitative estimate of drug-likeness (QED) is 0.882. The molecule has 1 saturated carbocycles. The Labute approximate surface area is 108 Å². The molecule has 0 aromatic carbocycles. The molecule has 0 radical (unpaired) electrons. The van der Waals surface area contributed by atoms with Crippen LogP contribution in [-0.2, 0) is 0 Å². The van der Waals surface area contributed by atoms with Gasteiger partial charge in [-0.1, -0.05) is 19.0 Å². The van der Waals surface area contributed by atoms with Crippen LogP contribution in [0.15, 0.2) is 4.52 Å². The molecule has 1 N–H and O–H groups in total. The molecule has 0 bridgehead atoms. The Kier molecular flexibility index (Phi) is 2.90. The van der Waals surface area contributed by atoms with Crippen molar-refractivity contribution in [3.05, 3.63) is 11.7 Å². The first-order valence-electron chi connectivity index (χ1n) is 6.88. The molecule has 1 saturated heterocycles. The van der Waals surface area contributed by atoms with Gasteiger partial charge in [0.25, 0.3) is 0 Å². The smallest absolute Gasteiger partial charge is 0.230 e. The molecule has 100 valence electrons. The minimum atomic E-state index is 0.253. The van der Waals surface area contributed by atoms with E-state index >= 15 is 0 Å². The lowest BCUT2D eigenvalue weighted by Crippen LogP contribution is -2.44. The van der Waals surface area contributed by atoms with Gasteiger partial charge in [-0.05, 0) is 25.3 Å². The SMILES string of the molecule is CCC1(C)CC1c1nc(C2CNCCN2C)no1. The maximum atomic E-state index is 5.47. The number of hydrogen-bond acceptors (Lipinski definition) is 5. The van der Waals surface area contributed by atoms with Gasteiger partial charge in [-0.3, -0.25) is 4.90 Å². The third kappa shape index (κ3) is 1.95. The predicted molar refractivity (Wildman–Crippen MR) is 68.3 cm³/mol. The average molecular weight is 250 g/mol. The van der Waals surface area contributed by atoms with Gasteiger partial charge in [-0.15, -0.1) is 0 Å². The summed E-state index contributed by atoms with van der Waals surface area (Å²) >= 11 is 0. The summed E-state index contributed by atoms with van der Waals surface area (Å²) in [6.45, 7) is 7.51. The highest BCUT2D eigenvalue weighted by atomic mass is 16.5. The average Bonchev–Trinajstić information content (AvgIpc) is 2.86. The molecule has 1 aromatic heterocycles. The summed E-state index contributed by atoms with van der Waals surface area (Å²) in [6.07, 6.45) is 2.37. The third-order valence-electron chi connectivity index (χ3n) is 4.72. The second-order valence-electron chi connectivity index (χ2n) is 5.96. The molecule has 5 nitrogen and oxygen atoms in total. The van der Waals surface area contributed by atoms with E-state index in [1.165, 1.54) is 12.8 Å². The van der Waals surface area contributed by atoms with E-state index < -0.39 is 0 Å². The van der Waals surface area contributed by atoms with E-state index in [4.69, 9.17) is 4.52 Å². The van der Waals surface area contributed by atoms with Crippen LogP contribution in [-0.4, -0.2) is 41.7 Å². The number of rotatable bonds is 3. The van der Waals surface area contributed by atoms with Crippen molar-refractivity contribution in [2.24, 2.45) is 5.41 Å². The van der Waals surface area contributed by atoms with Crippen LogP contribution in [0.1, 0.15) is 50.4 Å². The minimum absolute atomic E-state index is 0.253. The summed E-state index contributed by atoms with van der Waals surface area (Å²) in [7, 11) is 2.12. The summed E-state index contributed by atoms with van der Waals surface area (Å²) < 4.78 is 5.47. The number of aromatic nitrogens is 2. The predicted octanol–water partition coefficient (Wildman–Crippen LogP) is 1.55. The van der Waals surface area contributed by atoms with Crippen molar-refractivity contribution in [2.45, 2.75) is 38.6 Å². The Morgan fingerprint density at radius 3 is 3.06 bits per heavy atom. The molecule has 0 spiro atoms. The normalized spacial score (nSPS) is 36.8. The lowest BCUT2D eigenvalue weighted by atomic mass is 10.0. The second-order valence-corrected chi connectivity index (χ2v) is 5.96. The van der Waals surface area contributed by atoms with Crippen molar-refractivity contribution in [2.75, 3.05) is 26.7 Å². The number of hydrogen-bond donors (Lipinski definition) is 1. The van der Waals surface area contributed by atoms with E-state index in [1.807, 2.05) is 0 Å². The highest BCUT2D eigenvalue weighted by molar-refractivity contribution is 5.15. The van der Waals surface area contributed by atoms with Crippen LogP contribution in [0.2, 0.25) is 0 Å². The first-order chi connectivity index (χ1) is 8.64. The Hall–Kier alpha value is -0.940.